The van der Waals surface area contributed by atoms with Gasteiger partial charge in [-0.05, 0) is 12.1 Å². The Morgan fingerprint density at radius 2 is 1.94 bits per heavy atom. The molecule has 0 saturated carbocycles. The number of hydrogen-bond donors (Lipinski definition) is 0. The Balaban J connectivity index is 2.11. The molecule has 1 saturated heterocycles. The number of hydrogen-bond acceptors (Lipinski definition) is 4. The zero-order chi connectivity index (χ0) is 12.1. The number of benzene rings is 1. The van der Waals surface area contributed by atoms with E-state index in [1.807, 2.05) is 0 Å². The molecule has 0 N–H and O–H groups in total. The minimum Gasteiger partial charge on any atom is -0.497 e. The highest BCUT2D eigenvalue weighted by atomic mass is 16.5. The molecule has 0 bridgehead atoms. The molecule has 1 heterocycles. The van der Waals surface area contributed by atoms with Gasteiger partial charge in [0.25, 0.3) is 0 Å². The summed E-state index contributed by atoms with van der Waals surface area (Å²) in [5.41, 5.74) is 0.548. The van der Waals surface area contributed by atoms with E-state index in [-0.39, 0.29) is 6.10 Å². The van der Waals surface area contributed by atoms with Gasteiger partial charge in [-0.25, -0.2) is 0 Å². The molecule has 2 rings (SSSR count). The highest BCUT2D eigenvalue weighted by Gasteiger charge is 2.15. The van der Waals surface area contributed by atoms with Gasteiger partial charge in [-0.2, -0.15) is 5.26 Å². The van der Waals surface area contributed by atoms with Crippen LogP contribution in [0.15, 0.2) is 18.2 Å². The van der Waals surface area contributed by atoms with Gasteiger partial charge < -0.3 is 14.2 Å². The predicted octanol–water partition coefficient (Wildman–Crippen LogP) is 2.12. The van der Waals surface area contributed by atoms with Gasteiger partial charge in [0.2, 0.25) is 0 Å². The van der Waals surface area contributed by atoms with Gasteiger partial charge in [0.15, 0.2) is 0 Å². The van der Waals surface area contributed by atoms with Crippen LogP contribution in [0, 0.1) is 11.3 Å². The molecule has 1 aliphatic rings. The molecule has 90 valence electrons. The second kappa shape index (κ2) is 5.55. The maximum atomic E-state index is 8.91. The number of ether oxygens (including phenoxy) is 3. The van der Waals surface area contributed by atoms with Crippen molar-refractivity contribution in [2.24, 2.45) is 0 Å². The van der Waals surface area contributed by atoms with Crippen LogP contribution in [0.25, 0.3) is 0 Å². The van der Waals surface area contributed by atoms with E-state index in [4.69, 9.17) is 19.5 Å². The summed E-state index contributed by atoms with van der Waals surface area (Å²) in [5, 5.41) is 8.91. The van der Waals surface area contributed by atoms with Gasteiger partial charge in [0.05, 0.1) is 32.0 Å². The molecule has 0 aromatic heterocycles. The summed E-state index contributed by atoms with van der Waals surface area (Å²) in [5.74, 6) is 1.33. The summed E-state index contributed by atoms with van der Waals surface area (Å²) in [7, 11) is 1.58. The lowest BCUT2D eigenvalue weighted by Gasteiger charge is -2.23. The highest BCUT2D eigenvalue weighted by Crippen LogP contribution is 2.25. The van der Waals surface area contributed by atoms with Crippen LogP contribution in [0.5, 0.6) is 11.5 Å². The van der Waals surface area contributed by atoms with Crippen molar-refractivity contribution in [1.82, 2.24) is 0 Å². The smallest absolute Gasteiger partial charge is 0.124 e. The number of nitriles is 1. The first kappa shape index (κ1) is 11.7. The first-order valence-electron chi connectivity index (χ1n) is 5.65. The number of methoxy groups -OCH3 is 1. The van der Waals surface area contributed by atoms with Crippen molar-refractivity contribution in [3.05, 3.63) is 23.8 Å². The van der Waals surface area contributed by atoms with Crippen LogP contribution in [-0.4, -0.2) is 26.4 Å². The number of rotatable bonds is 3. The van der Waals surface area contributed by atoms with E-state index in [1.165, 1.54) is 0 Å². The molecule has 0 radical (unpaired) electrons. The van der Waals surface area contributed by atoms with Crippen LogP contribution in [0.3, 0.4) is 0 Å². The Kier molecular flexibility index (Phi) is 3.84. The molecule has 0 spiro atoms. The maximum Gasteiger partial charge on any atom is 0.124 e. The molecule has 0 unspecified atom stereocenters. The minimum absolute atomic E-state index is 0.169. The first-order chi connectivity index (χ1) is 8.31. The fourth-order valence-electron chi connectivity index (χ4n) is 1.81. The van der Waals surface area contributed by atoms with Gasteiger partial charge in [0.1, 0.15) is 17.6 Å². The summed E-state index contributed by atoms with van der Waals surface area (Å²) >= 11 is 0. The first-order valence-corrected chi connectivity index (χ1v) is 5.65. The minimum atomic E-state index is 0.169. The molecular weight excluding hydrogens is 218 g/mol. The van der Waals surface area contributed by atoms with Crippen molar-refractivity contribution in [1.29, 1.82) is 5.26 Å². The lowest BCUT2D eigenvalue weighted by atomic mass is 10.1. The second-order valence-electron chi connectivity index (χ2n) is 3.94. The SMILES string of the molecule is COc1cc(C#N)cc(OC2CCOCC2)c1. The molecule has 17 heavy (non-hydrogen) atoms. The van der Waals surface area contributed by atoms with Crippen LogP contribution >= 0.6 is 0 Å². The summed E-state index contributed by atoms with van der Waals surface area (Å²) in [4.78, 5) is 0. The van der Waals surface area contributed by atoms with E-state index in [1.54, 1.807) is 25.3 Å². The molecule has 0 atom stereocenters. The Bertz CT molecular complexity index is 419. The Morgan fingerprint density at radius 3 is 2.59 bits per heavy atom. The van der Waals surface area contributed by atoms with Crippen LogP contribution in [0.1, 0.15) is 18.4 Å². The average Bonchev–Trinajstić information content (AvgIpc) is 2.39. The highest BCUT2D eigenvalue weighted by molar-refractivity contribution is 5.43. The lowest BCUT2D eigenvalue weighted by Crippen LogP contribution is -2.25. The van der Waals surface area contributed by atoms with Gasteiger partial charge in [-0.1, -0.05) is 0 Å². The average molecular weight is 233 g/mol. The molecule has 4 nitrogen and oxygen atoms in total. The predicted molar refractivity (Wildman–Crippen MR) is 62.2 cm³/mol. The maximum absolute atomic E-state index is 8.91. The fourth-order valence-corrected chi connectivity index (χ4v) is 1.81. The molecule has 1 aliphatic heterocycles. The fraction of sp³-hybridized carbons (Fsp3) is 0.462. The lowest BCUT2D eigenvalue weighted by molar-refractivity contribution is 0.0255. The van der Waals surface area contributed by atoms with Crippen LogP contribution in [0.2, 0.25) is 0 Å². The van der Waals surface area contributed by atoms with Gasteiger partial charge >= 0.3 is 0 Å². The van der Waals surface area contributed by atoms with Crippen molar-refractivity contribution in [3.63, 3.8) is 0 Å². The van der Waals surface area contributed by atoms with Crippen molar-refractivity contribution >= 4 is 0 Å². The molecule has 1 aromatic rings. The standard InChI is InChI=1S/C13H15NO3/c1-15-12-6-10(9-14)7-13(8-12)17-11-2-4-16-5-3-11/h6-8,11H,2-5H2,1H3. The van der Waals surface area contributed by atoms with Crippen LogP contribution in [0.4, 0.5) is 0 Å². The summed E-state index contributed by atoms with van der Waals surface area (Å²) < 4.78 is 16.2. The van der Waals surface area contributed by atoms with Crippen molar-refractivity contribution in [2.45, 2.75) is 18.9 Å². The Hall–Kier alpha value is -1.73. The van der Waals surface area contributed by atoms with Gasteiger partial charge in [-0.15, -0.1) is 0 Å². The van der Waals surface area contributed by atoms with Crippen LogP contribution in [-0.2, 0) is 4.74 Å². The van der Waals surface area contributed by atoms with E-state index in [9.17, 15) is 0 Å². The normalized spacial score (nSPS) is 16.2. The Labute approximate surface area is 101 Å². The topological polar surface area (TPSA) is 51.5 Å². The third kappa shape index (κ3) is 3.11. The molecule has 1 fully saturated rings. The molecule has 4 heteroatoms. The molecule has 1 aromatic carbocycles. The third-order valence-corrected chi connectivity index (χ3v) is 2.72. The van der Waals surface area contributed by atoms with Gasteiger partial charge in [0, 0.05) is 18.9 Å². The van der Waals surface area contributed by atoms with E-state index in [0.717, 1.165) is 26.1 Å². The molecule has 0 aliphatic carbocycles. The molecule has 0 amide bonds. The van der Waals surface area contributed by atoms with E-state index in [2.05, 4.69) is 6.07 Å². The summed E-state index contributed by atoms with van der Waals surface area (Å²) in [6.45, 7) is 1.47. The third-order valence-electron chi connectivity index (χ3n) is 2.72. The zero-order valence-electron chi connectivity index (χ0n) is 9.81. The number of nitrogens with zero attached hydrogens (tertiary/aromatic N) is 1. The summed E-state index contributed by atoms with van der Waals surface area (Å²) in [6.07, 6.45) is 1.94. The van der Waals surface area contributed by atoms with Crippen molar-refractivity contribution in [2.75, 3.05) is 20.3 Å². The largest absolute Gasteiger partial charge is 0.497 e. The van der Waals surface area contributed by atoms with Crippen LogP contribution < -0.4 is 9.47 Å². The van der Waals surface area contributed by atoms with Gasteiger partial charge in [-0.3, -0.25) is 0 Å². The quantitative estimate of drug-likeness (QED) is 0.802. The van der Waals surface area contributed by atoms with E-state index < -0.39 is 0 Å². The Morgan fingerprint density at radius 1 is 1.24 bits per heavy atom. The molecular formula is C13H15NO3. The zero-order valence-corrected chi connectivity index (χ0v) is 9.81. The summed E-state index contributed by atoms with van der Waals surface area (Å²) in [6, 6.07) is 7.32. The van der Waals surface area contributed by atoms with E-state index >= 15 is 0 Å². The van der Waals surface area contributed by atoms with Crippen molar-refractivity contribution in [3.8, 4) is 17.6 Å². The monoisotopic (exact) mass is 233 g/mol. The van der Waals surface area contributed by atoms with E-state index in [0.29, 0.717) is 17.1 Å². The second-order valence-corrected chi connectivity index (χ2v) is 3.94. The van der Waals surface area contributed by atoms with Crippen molar-refractivity contribution < 1.29 is 14.2 Å².